The Morgan fingerprint density at radius 1 is 1.00 bits per heavy atom. The molecular weight excluding hydrogens is 363 g/mol. The van der Waals surface area contributed by atoms with Crippen molar-refractivity contribution in [2.75, 3.05) is 11.2 Å². The molecule has 0 amide bonds. The largest absolute Gasteiger partial charge is 0.507 e. The summed E-state index contributed by atoms with van der Waals surface area (Å²) in [5.41, 5.74) is 1.95. The van der Waals surface area contributed by atoms with Crippen molar-refractivity contribution in [1.29, 1.82) is 0 Å². The second-order valence-electron chi connectivity index (χ2n) is 8.83. The maximum Gasteiger partial charge on any atom is 0.345 e. The van der Waals surface area contributed by atoms with Crippen LogP contribution < -0.4 is 4.90 Å². The van der Waals surface area contributed by atoms with Gasteiger partial charge in [0.2, 0.25) is 0 Å². The Morgan fingerprint density at radius 2 is 1.52 bits per heavy atom. The summed E-state index contributed by atoms with van der Waals surface area (Å²) in [6, 6.07) is 7.07. The first kappa shape index (κ1) is 21.4. The van der Waals surface area contributed by atoms with Gasteiger partial charge in [0, 0.05) is 23.0 Å². The summed E-state index contributed by atoms with van der Waals surface area (Å²) in [6.45, 7) is 12.0. The summed E-state index contributed by atoms with van der Waals surface area (Å²) in [6.07, 6.45) is 2.70. The van der Waals surface area contributed by atoms with Gasteiger partial charge in [0.25, 0.3) is 0 Å². The Kier molecular flexibility index (Phi) is 5.77. The summed E-state index contributed by atoms with van der Waals surface area (Å²) < 4.78 is 11.8. The molecule has 1 aromatic carbocycles. The lowest BCUT2D eigenvalue weighted by atomic mass is 9.79. The Balaban J connectivity index is 2.77. The van der Waals surface area contributed by atoms with Crippen molar-refractivity contribution in [1.82, 2.24) is 4.98 Å². The van der Waals surface area contributed by atoms with Crippen LogP contribution >= 0.6 is 7.60 Å². The SMILES string of the molecule is CC(C)(C)c1cc(N(CP(=O)(O)O)c2cccnc2)cc(C(C)(C)C)c1O. The predicted octanol–water partition coefficient (Wildman–Crippen LogP) is 4.66. The summed E-state index contributed by atoms with van der Waals surface area (Å²) in [5.74, 6) is 0.223. The van der Waals surface area contributed by atoms with E-state index in [0.29, 0.717) is 11.4 Å². The van der Waals surface area contributed by atoms with Crippen LogP contribution in [0, 0.1) is 0 Å². The number of pyridine rings is 1. The zero-order chi connectivity index (χ0) is 20.6. The van der Waals surface area contributed by atoms with Crippen molar-refractivity contribution in [3.63, 3.8) is 0 Å². The lowest BCUT2D eigenvalue weighted by Gasteiger charge is -2.32. The normalized spacial score (nSPS) is 12.9. The van der Waals surface area contributed by atoms with Gasteiger partial charge >= 0.3 is 7.60 Å². The van der Waals surface area contributed by atoms with E-state index in [2.05, 4.69) is 4.98 Å². The minimum absolute atomic E-state index is 0.223. The van der Waals surface area contributed by atoms with E-state index in [1.165, 1.54) is 0 Å². The average molecular weight is 392 g/mol. The number of hydrogen-bond donors (Lipinski definition) is 3. The van der Waals surface area contributed by atoms with E-state index >= 15 is 0 Å². The molecule has 0 saturated heterocycles. The molecule has 2 aromatic rings. The summed E-state index contributed by atoms with van der Waals surface area (Å²) in [7, 11) is -4.34. The minimum Gasteiger partial charge on any atom is -0.507 e. The number of rotatable bonds is 4. The number of aromatic hydroxyl groups is 1. The van der Waals surface area contributed by atoms with E-state index in [4.69, 9.17) is 0 Å². The van der Waals surface area contributed by atoms with Crippen molar-refractivity contribution < 1.29 is 19.5 Å². The van der Waals surface area contributed by atoms with Gasteiger partial charge in [-0.15, -0.1) is 0 Å². The van der Waals surface area contributed by atoms with Gasteiger partial charge in [-0.05, 0) is 35.1 Å². The molecule has 6 nitrogen and oxygen atoms in total. The smallest absolute Gasteiger partial charge is 0.345 e. The molecule has 3 N–H and O–H groups in total. The molecular formula is C20H29N2O4P. The first-order valence-electron chi connectivity index (χ1n) is 8.80. The van der Waals surface area contributed by atoms with E-state index < -0.39 is 13.9 Å². The molecule has 0 atom stereocenters. The Bertz CT molecular complexity index is 814. The van der Waals surface area contributed by atoms with Crippen LogP contribution in [0.15, 0.2) is 36.7 Å². The Hall–Kier alpha value is -1.88. The van der Waals surface area contributed by atoms with E-state index in [9.17, 15) is 19.5 Å². The van der Waals surface area contributed by atoms with Gasteiger partial charge in [0.15, 0.2) is 0 Å². The molecule has 7 heteroatoms. The number of phenols is 1. The number of anilines is 2. The zero-order valence-corrected chi connectivity index (χ0v) is 17.7. The van der Waals surface area contributed by atoms with Crippen LogP contribution in [0.25, 0.3) is 0 Å². The standard InChI is InChI=1S/C20H29N2O4P/c1-19(2,3)16-10-15(11-17(18(16)23)20(4,5)6)22(13-27(24,25)26)14-8-7-9-21-12-14/h7-12,23H,13H2,1-6H3,(H2,24,25,26). The first-order chi connectivity index (χ1) is 12.2. The predicted molar refractivity (Wildman–Crippen MR) is 109 cm³/mol. The van der Waals surface area contributed by atoms with Crippen LogP contribution in [0.4, 0.5) is 11.4 Å². The molecule has 0 aliphatic heterocycles. The summed E-state index contributed by atoms with van der Waals surface area (Å²) in [4.78, 5) is 24.9. The molecule has 2 rings (SSSR count). The van der Waals surface area contributed by atoms with Crippen LogP contribution in [0.1, 0.15) is 52.7 Å². The fourth-order valence-corrected chi connectivity index (χ4v) is 3.62. The van der Waals surface area contributed by atoms with Gasteiger partial charge in [0.1, 0.15) is 12.0 Å². The van der Waals surface area contributed by atoms with Crippen LogP contribution in [0.3, 0.4) is 0 Å². The first-order valence-corrected chi connectivity index (χ1v) is 10.6. The number of benzene rings is 1. The fraction of sp³-hybridized carbons (Fsp3) is 0.450. The molecule has 0 aliphatic carbocycles. The van der Waals surface area contributed by atoms with Gasteiger partial charge in [0.05, 0.1) is 11.9 Å². The molecule has 0 fully saturated rings. The Labute approximate surface area is 161 Å². The van der Waals surface area contributed by atoms with Crippen LogP contribution in [0.5, 0.6) is 5.75 Å². The molecule has 0 bridgehead atoms. The monoisotopic (exact) mass is 392 g/mol. The Morgan fingerprint density at radius 3 is 1.89 bits per heavy atom. The van der Waals surface area contributed by atoms with Crippen molar-refractivity contribution in [2.24, 2.45) is 0 Å². The summed E-state index contributed by atoms with van der Waals surface area (Å²) >= 11 is 0. The lowest BCUT2D eigenvalue weighted by molar-refractivity contribution is 0.373. The molecule has 0 radical (unpaired) electrons. The average Bonchev–Trinajstić information content (AvgIpc) is 2.51. The molecule has 27 heavy (non-hydrogen) atoms. The quantitative estimate of drug-likeness (QED) is 0.656. The van der Waals surface area contributed by atoms with E-state index in [1.54, 1.807) is 41.6 Å². The highest BCUT2D eigenvalue weighted by molar-refractivity contribution is 7.51. The van der Waals surface area contributed by atoms with Crippen molar-refractivity contribution >= 4 is 19.0 Å². The van der Waals surface area contributed by atoms with Gasteiger partial charge in [-0.25, -0.2) is 0 Å². The van der Waals surface area contributed by atoms with E-state index in [-0.39, 0.29) is 16.6 Å². The lowest BCUT2D eigenvalue weighted by Crippen LogP contribution is -2.22. The summed E-state index contributed by atoms with van der Waals surface area (Å²) in [5, 5.41) is 10.9. The minimum atomic E-state index is -4.34. The number of hydrogen-bond acceptors (Lipinski definition) is 4. The molecule has 0 unspecified atom stereocenters. The molecule has 1 heterocycles. The highest BCUT2D eigenvalue weighted by atomic mass is 31.2. The number of phenolic OH excluding ortho intramolecular Hbond substituents is 1. The third-order valence-electron chi connectivity index (χ3n) is 4.31. The van der Waals surface area contributed by atoms with Gasteiger partial charge in [-0.2, -0.15) is 0 Å². The van der Waals surface area contributed by atoms with Gasteiger partial charge in [-0.1, -0.05) is 41.5 Å². The zero-order valence-electron chi connectivity index (χ0n) is 16.8. The van der Waals surface area contributed by atoms with Crippen LogP contribution in [-0.2, 0) is 15.4 Å². The highest BCUT2D eigenvalue weighted by Crippen LogP contribution is 2.45. The van der Waals surface area contributed by atoms with Crippen molar-refractivity contribution in [3.8, 4) is 5.75 Å². The molecule has 0 aliphatic rings. The molecule has 148 valence electrons. The number of nitrogens with zero attached hydrogens (tertiary/aromatic N) is 2. The topological polar surface area (TPSA) is 93.9 Å². The molecule has 0 spiro atoms. The van der Waals surface area contributed by atoms with Crippen molar-refractivity contribution in [3.05, 3.63) is 47.8 Å². The van der Waals surface area contributed by atoms with E-state index in [1.807, 2.05) is 41.5 Å². The van der Waals surface area contributed by atoms with Crippen molar-refractivity contribution in [2.45, 2.75) is 52.4 Å². The maximum absolute atomic E-state index is 11.8. The van der Waals surface area contributed by atoms with Gasteiger partial charge < -0.3 is 19.8 Å². The molecule has 0 saturated carbocycles. The fourth-order valence-electron chi connectivity index (χ4n) is 2.93. The van der Waals surface area contributed by atoms with E-state index in [0.717, 1.165) is 11.1 Å². The van der Waals surface area contributed by atoms with Crippen LogP contribution in [-0.4, -0.2) is 26.2 Å². The van der Waals surface area contributed by atoms with Crippen LogP contribution in [0.2, 0.25) is 0 Å². The highest BCUT2D eigenvalue weighted by Gasteiger charge is 2.29. The van der Waals surface area contributed by atoms with Gasteiger partial charge in [-0.3, -0.25) is 9.55 Å². The second-order valence-corrected chi connectivity index (χ2v) is 10.4. The third kappa shape index (κ3) is 5.32. The number of aromatic nitrogens is 1. The second kappa shape index (κ2) is 7.27. The third-order valence-corrected chi connectivity index (χ3v) is 4.96. The molecule has 1 aromatic heterocycles. The maximum atomic E-state index is 11.8.